The Hall–Kier alpha value is -0.520. The van der Waals surface area contributed by atoms with Crippen LogP contribution in [0.25, 0.3) is 0 Å². The predicted molar refractivity (Wildman–Crippen MR) is 73.4 cm³/mol. The highest BCUT2D eigenvalue weighted by molar-refractivity contribution is 7.12. The first-order chi connectivity index (χ1) is 8.38. The van der Waals surface area contributed by atoms with E-state index in [-0.39, 0.29) is 6.54 Å². The first kappa shape index (κ1) is 15.5. The smallest absolute Gasteiger partial charge is 0.251 e. The number of thiophene rings is 1. The second-order valence-electron chi connectivity index (χ2n) is 4.92. The highest BCUT2D eigenvalue weighted by Gasteiger charge is 2.11. The largest absolute Gasteiger partial charge is 0.310 e. The number of halogens is 2. The van der Waals surface area contributed by atoms with Crippen molar-refractivity contribution in [3.63, 3.8) is 0 Å². The zero-order valence-corrected chi connectivity index (χ0v) is 12.3. The topological polar surface area (TPSA) is 15.3 Å². The molecular weight excluding hydrogens is 254 g/mol. The fourth-order valence-electron chi connectivity index (χ4n) is 1.73. The highest BCUT2D eigenvalue weighted by atomic mass is 32.1. The van der Waals surface area contributed by atoms with E-state index in [2.05, 4.69) is 32.2 Å². The van der Waals surface area contributed by atoms with E-state index in [0.717, 1.165) is 12.1 Å². The van der Waals surface area contributed by atoms with Crippen LogP contribution >= 0.6 is 11.3 Å². The highest BCUT2D eigenvalue weighted by Crippen LogP contribution is 2.23. The lowest BCUT2D eigenvalue weighted by atomic mass is 10.2. The van der Waals surface area contributed by atoms with Gasteiger partial charge in [0.15, 0.2) is 0 Å². The molecule has 1 rings (SSSR count). The Morgan fingerprint density at radius 2 is 2.06 bits per heavy atom. The van der Waals surface area contributed by atoms with Crippen molar-refractivity contribution in [3.05, 3.63) is 21.4 Å². The summed E-state index contributed by atoms with van der Waals surface area (Å²) in [7, 11) is 1.73. The van der Waals surface area contributed by atoms with Gasteiger partial charge in [-0.1, -0.05) is 13.8 Å². The summed E-state index contributed by atoms with van der Waals surface area (Å²) in [5, 5.41) is 3.36. The molecule has 0 amide bonds. The van der Waals surface area contributed by atoms with Gasteiger partial charge in [-0.05, 0) is 25.6 Å². The Balaban J connectivity index is 2.55. The predicted octanol–water partition coefficient (Wildman–Crippen LogP) is 3.25. The third-order valence-corrected chi connectivity index (χ3v) is 3.74. The van der Waals surface area contributed by atoms with E-state index in [9.17, 15) is 8.78 Å². The summed E-state index contributed by atoms with van der Waals surface area (Å²) in [6, 6.07) is 2.58. The summed E-state index contributed by atoms with van der Waals surface area (Å²) in [5.41, 5.74) is 1.16. The molecule has 0 atom stereocenters. The van der Waals surface area contributed by atoms with Crippen LogP contribution in [0, 0.1) is 6.92 Å². The minimum atomic E-state index is -2.27. The number of hydrogen-bond acceptors (Lipinski definition) is 3. The van der Waals surface area contributed by atoms with Crippen molar-refractivity contribution in [1.29, 1.82) is 0 Å². The second-order valence-corrected chi connectivity index (χ2v) is 6.26. The monoisotopic (exact) mass is 276 g/mol. The summed E-state index contributed by atoms with van der Waals surface area (Å²) in [4.78, 5) is 4.15. The lowest BCUT2D eigenvalue weighted by Gasteiger charge is -2.15. The molecule has 0 bridgehead atoms. The average molecular weight is 276 g/mol. The van der Waals surface area contributed by atoms with Gasteiger partial charge in [-0.15, -0.1) is 11.3 Å². The van der Waals surface area contributed by atoms with Crippen molar-refractivity contribution in [2.75, 3.05) is 13.6 Å². The van der Waals surface area contributed by atoms with E-state index in [1.165, 1.54) is 9.75 Å². The van der Waals surface area contributed by atoms with E-state index in [0.29, 0.717) is 12.6 Å². The maximum atomic E-state index is 12.3. The molecule has 1 N–H and O–H groups in total. The third kappa shape index (κ3) is 5.42. The molecule has 0 aliphatic carbocycles. The first-order valence-corrected chi connectivity index (χ1v) is 6.98. The molecule has 0 saturated carbocycles. The fraction of sp³-hybridized carbons (Fsp3) is 0.692. The molecular formula is C13H22F2N2S. The number of rotatable bonds is 7. The summed E-state index contributed by atoms with van der Waals surface area (Å²) in [5.74, 6) is 0. The van der Waals surface area contributed by atoms with Gasteiger partial charge >= 0.3 is 0 Å². The van der Waals surface area contributed by atoms with Gasteiger partial charge in [-0.3, -0.25) is 4.90 Å². The molecule has 0 aromatic carbocycles. The standard InChI is InChI=1S/C13H22F2N2S/c1-9(2)16-6-12-5-11(10(3)18-12)7-17(4)8-13(14)15/h5,9,13,16H,6-8H2,1-4H3. The molecule has 0 saturated heterocycles. The molecule has 5 heteroatoms. The number of aryl methyl sites for hydroxylation is 1. The quantitative estimate of drug-likeness (QED) is 0.822. The van der Waals surface area contributed by atoms with Crippen LogP contribution in [0.4, 0.5) is 8.78 Å². The van der Waals surface area contributed by atoms with Gasteiger partial charge in [0.05, 0.1) is 6.54 Å². The summed E-state index contributed by atoms with van der Waals surface area (Å²) < 4.78 is 24.5. The van der Waals surface area contributed by atoms with Gasteiger partial charge in [0.1, 0.15) is 0 Å². The average Bonchev–Trinajstić information content (AvgIpc) is 2.55. The van der Waals surface area contributed by atoms with Crippen molar-refractivity contribution in [1.82, 2.24) is 10.2 Å². The molecule has 0 unspecified atom stereocenters. The molecule has 1 aromatic heterocycles. The molecule has 0 aliphatic rings. The Kier molecular flexibility index (Phi) is 6.18. The van der Waals surface area contributed by atoms with E-state index in [1.807, 2.05) is 0 Å². The number of nitrogens with one attached hydrogen (secondary N) is 1. The molecule has 0 spiro atoms. The molecule has 18 heavy (non-hydrogen) atoms. The maximum absolute atomic E-state index is 12.3. The van der Waals surface area contributed by atoms with Crippen molar-refractivity contribution in [3.8, 4) is 0 Å². The second kappa shape index (κ2) is 7.16. The Bertz CT molecular complexity index is 364. The summed E-state index contributed by atoms with van der Waals surface area (Å²) in [6.45, 7) is 7.54. The number of alkyl halides is 2. The van der Waals surface area contributed by atoms with E-state index in [1.54, 1.807) is 23.3 Å². The zero-order chi connectivity index (χ0) is 13.7. The first-order valence-electron chi connectivity index (χ1n) is 6.16. The molecule has 1 aromatic rings. The Labute approximate surface area is 112 Å². The van der Waals surface area contributed by atoms with Crippen LogP contribution in [0.15, 0.2) is 6.07 Å². The van der Waals surface area contributed by atoms with Crippen LogP contribution < -0.4 is 5.32 Å². The van der Waals surface area contributed by atoms with Crippen LogP contribution in [0.1, 0.15) is 29.2 Å². The van der Waals surface area contributed by atoms with Gasteiger partial charge in [0, 0.05) is 28.9 Å². The van der Waals surface area contributed by atoms with Crippen LogP contribution in [0.3, 0.4) is 0 Å². The molecule has 0 fully saturated rings. The van der Waals surface area contributed by atoms with Crippen LogP contribution in [-0.2, 0) is 13.1 Å². The van der Waals surface area contributed by atoms with Gasteiger partial charge in [0.2, 0.25) is 0 Å². The zero-order valence-electron chi connectivity index (χ0n) is 11.5. The van der Waals surface area contributed by atoms with Crippen molar-refractivity contribution < 1.29 is 8.78 Å². The third-order valence-electron chi connectivity index (χ3n) is 2.65. The molecule has 1 heterocycles. The molecule has 2 nitrogen and oxygen atoms in total. The maximum Gasteiger partial charge on any atom is 0.251 e. The van der Waals surface area contributed by atoms with Crippen LogP contribution in [0.5, 0.6) is 0 Å². The lowest BCUT2D eigenvalue weighted by Crippen LogP contribution is -2.24. The van der Waals surface area contributed by atoms with Gasteiger partial charge in [0.25, 0.3) is 6.43 Å². The summed E-state index contributed by atoms with van der Waals surface area (Å²) in [6.07, 6.45) is -2.27. The molecule has 104 valence electrons. The van der Waals surface area contributed by atoms with Gasteiger partial charge < -0.3 is 5.32 Å². The van der Waals surface area contributed by atoms with Gasteiger partial charge in [-0.25, -0.2) is 8.78 Å². The van der Waals surface area contributed by atoms with Crippen LogP contribution in [0.2, 0.25) is 0 Å². The van der Waals surface area contributed by atoms with Gasteiger partial charge in [-0.2, -0.15) is 0 Å². The van der Waals surface area contributed by atoms with E-state index < -0.39 is 6.43 Å². The van der Waals surface area contributed by atoms with Crippen molar-refractivity contribution in [2.45, 2.75) is 46.3 Å². The lowest BCUT2D eigenvalue weighted by molar-refractivity contribution is 0.0975. The Morgan fingerprint density at radius 3 is 2.61 bits per heavy atom. The number of nitrogens with zero attached hydrogens (tertiary/aromatic N) is 1. The normalized spacial score (nSPS) is 12.1. The van der Waals surface area contributed by atoms with E-state index in [4.69, 9.17) is 0 Å². The molecule has 0 radical (unpaired) electrons. The minimum Gasteiger partial charge on any atom is -0.310 e. The van der Waals surface area contributed by atoms with Crippen molar-refractivity contribution in [2.24, 2.45) is 0 Å². The van der Waals surface area contributed by atoms with E-state index >= 15 is 0 Å². The number of hydrogen-bond donors (Lipinski definition) is 1. The Morgan fingerprint density at radius 1 is 1.39 bits per heavy atom. The van der Waals surface area contributed by atoms with Crippen LogP contribution in [-0.4, -0.2) is 31.0 Å². The minimum absolute atomic E-state index is 0.172. The van der Waals surface area contributed by atoms with Crippen molar-refractivity contribution >= 4 is 11.3 Å². The molecule has 0 aliphatic heterocycles. The summed E-state index contributed by atoms with van der Waals surface area (Å²) >= 11 is 1.74. The fourth-order valence-corrected chi connectivity index (χ4v) is 2.73. The SMILES string of the molecule is Cc1sc(CNC(C)C)cc1CN(C)CC(F)F.